The molecule has 0 atom stereocenters. The minimum atomic E-state index is -0.267. The number of carbonyl (C=O) groups is 1. The first-order valence-corrected chi connectivity index (χ1v) is 9.67. The number of likely N-dealkylation sites (N-methyl/N-ethyl adjacent to an activating group) is 1. The topological polar surface area (TPSA) is 79.8 Å². The van der Waals surface area contributed by atoms with Crippen molar-refractivity contribution in [2.24, 2.45) is 0 Å². The van der Waals surface area contributed by atoms with Crippen molar-refractivity contribution in [1.82, 2.24) is 14.3 Å². The molecule has 1 N–H and O–H groups in total. The van der Waals surface area contributed by atoms with Crippen molar-refractivity contribution < 1.29 is 9.21 Å². The third-order valence-corrected chi connectivity index (χ3v) is 5.76. The largest absolute Gasteiger partial charge is 0.467 e. The van der Waals surface area contributed by atoms with Crippen LogP contribution >= 0.6 is 24.0 Å². The zero-order valence-corrected chi connectivity index (χ0v) is 16.8. The SMILES string of the molecule is Cc1ccc2nc(NCc3ccco3)c(/C=C3\SC(=S)N(C)C3=O)c(=O)n2c1. The van der Waals surface area contributed by atoms with Crippen LogP contribution in [0.4, 0.5) is 5.82 Å². The van der Waals surface area contributed by atoms with Crippen molar-refractivity contribution in [1.29, 1.82) is 0 Å². The maximum Gasteiger partial charge on any atom is 0.267 e. The summed E-state index contributed by atoms with van der Waals surface area (Å²) < 4.78 is 7.26. The van der Waals surface area contributed by atoms with E-state index in [2.05, 4.69) is 10.3 Å². The number of anilines is 1. The number of thiocarbonyl (C=S) groups is 1. The van der Waals surface area contributed by atoms with E-state index in [0.717, 1.165) is 5.56 Å². The van der Waals surface area contributed by atoms with Gasteiger partial charge >= 0.3 is 0 Å². The van der Waals surface area contributed by atoms with Crippen LogP contribution in [0, 0.1) is 6.92 Å². The Bertz CT molecular complexity index is 1180. The number of fused-ring (bicyclic) bond motifs is 1. The van der Waals surface area contributed by atoms with Crippen molar-refractivity contribution in [3.63, 3.8) is 0 Å². The zero-order chi connectivity index (χ0) is 19.8. The molecule has 0 spiro atoms. The Morgan fingerprint density at radius 3 is 2.82 bits per heavy atom. The lowest BCUT2D eigenvalue weighted by Gasteiger charge is -2.11. The van der Waals surface area contributed by atoms with Crippen LogP contribution in [0.25, 0.3) is 11.7 Å². The van der Waals surface area contributed by atoms with E-state index in [1.165, 1.54) is 21.1 Å². The molecule has 3 aromatic rings. The molecule has 1 amide bonds. The molecular formula is C19H16N4O3S2. The lowest BCUT2D eigenvalue weighted by Crippen LogP contribution is -2.23. The van der Waals surface area contributed by atoms with Gasteiger partial charge < -0.3 is 9.73 Å². The number of pyridine rings is 1. The predicted octanol–water partition coefficient (Wildman–Crippen LogP) is 3.04. The number of nitrogens with one attached hydrogen (secondary N) is 1. The van der Waals surface area contributed by atoms with Crippen LogP contribution in [-0.2, 0) is 11.3 Å². The van der Waals surface area contributed by atoms with E-state index in [-0.39, 0.29) is 11.5 Å². The molecule has 1 saturated heterocycles. The summed E-state index contributed by atoms with van der Waals surface area (Å²) in [7, 11) is 1.61. The first-order valence-electron chi connectivity index (χ1n) is 8.45. The molecule has 0 saturated carbocycles. The Kier molecular flexibility index (Phi) is 4.78. The first-order chi connectivity index (χ1) is 13.4. The fraction of sp³-hybridized carbons (Fsp3) is 0.158. The van der Waals surface area contributed by atoms with Crippen molar-refractivity contribution in [3.05, 3.63) is 68.9 Å². The molecule has 3 aromatic heterocycles. The second-order valence-corrected chi connectivity index (χ2v) is 7.96. The first kappa shape index (κ1) is 18.5. The van der Waals surface area contributed by atoms with Gasteiger partial charge in [0.15, 0.2) is 0 Å². The Hall–Kier alpha value is -2.91. The van der Waals surface area contributed by atoms with Gasteiger partial charge in [-0.15, -0.1) is 0 Å². The van der Waals surface area contributed by atoms with Gasteiger partial charge in [-0.05, 0) is 36.8 Å². The fourth-order valence-corrected chi connectivity index (χ4v) is 3.95. The van der Waals surface area contributed by atoms with Gasteiger partial charge in [0.2, 0.25) is 0 Å². The maximum atomic E-state index is 13.2. The summed E-state index contributed by atoms with van der Waals surface area (Å²) in [5, 5.41) is 3.14. The van der Waals surface area contributed by atoms with E-state index in [1.54, 1.807) is 37.7 Å². The second-order valence-electron chi connectivity index (χ2n) is 6.29. The van der Waals surface area contributed by atoms with E-state index < -0.39 is 0 Å². The number of carbonyl (C=O) groups excluding carboxylic acids is 1. The van der Waals surface area contributed by atoms with E-state index in [9.17, 15) is 9.59 Å². The van der Waals surface area contributed by atoms with Crippen LogP contribution in [0.1, 0.15) is 16.9 Å². The zero-order valence-electron chi connectivity index (χ0n) is 15.1. The van der Waals surface area contributed by atoms with Crippen molar-refractivity contribution in [3.8, 4) is 0 Å². The summed E-state index contributed by atoms with van der Waals surface area (Å²) >= 11 is 6.34. The molecule has 0 unspecified atom stereocenters. The Morgan fingerprint density at radius 1 is 1.32 bits per heavy atom. The van der Waals surface area contributed by atoms with Crippen LogP contribution in [0.2, 0.25) is 0 Å². The summed E-state index contributed by atoms with van der Waals surface area (Å²) in [5.74, 6) is 0.851. The molecule has 7 nitrogen and oxygen atoms in total. The van der Waals surface area contributed by atoms with Gasteiger partial charge in [-0.3, -0.25) is 18.9 Å². The average molecular weight is 412 g/mol. The summed E-state index contributed by atoms with van der Waals surface area (Å²) in [6.45, 7) is 2.26. The quantitative estimate of drug-likeness (QED) is 0.521. The lowest BCUT2D eigenvalue weighted by atomic mass is 10.2. The molecule has 0 aliphatic carbocycles. The number of aryl methyl sites for hydroxylation is 1. The fourth-order valence-electron chi connectivity index (χ4n) is 2.78. The molecule has 142 valence electrons. The second kappa shape index (κ2) is 7.25. The molecule has 0 aromatic carbocycles. The van der Waals surface area contributed by atoms with Crippen LogP contribution in [0.5, 0.6) is 0 Å². The number of rotatable bonds is 4. The number of furan rings is 1. The van der Waals surface area contributed by atoms with E-state index in [0.29, 0.717) is 38.6 Å². The Balaban J connectivity index is 1.85. The van der Waals surface area contributed by atoms with E-state index in [4.69, 9.17) is 16.6 Å². The van der Waals surface area contributed by atoms with E-state index >= 15 is 0 Å². The van der Waals surface area contributed by atoms with Crippen molar-refractivity contribution in [2.45, 2.75) is 13.5 Å². The Labute approximate surface area is 170 Å². The molecule has 28 heavy (non-hydrogen) atoms. The third kappa shape index (κ3) is 3.34. The number of hydrogen-bond donors (Lipinski definition) is 1. The molecule has 1 aliphatic heterocycles. The number of nitrogens with zero attached hydrogens (tertiary/aromatic N) is 3. The van der Waals surface area contributed by atoms with Gasteiger partial charge in [0, 0.05) is 13.2 Å². The molecule has 0 radical (unpaired) electrons. The highest BCUT2D eigenvalue weighted by molar-refractivity contribution is 8.26. The minimum absolute atomic E-state index is 0.235. The number of hydrogen-bond acceptors (Lipinski definition) is 7. The third-order valence-electron chi connectivity index (χ3n) is 4.28. The molecule has 0 bridgehead atoms. The number of thioether (sulfide) groups is 1. The minimum Gasteiger partial charge on any atom is -0.467 e. The van der Waals surface area contributed by atoms with Gasteiger partial charge in [-0.1, -0.05) is 30.0 Å². The number of amides is 1. The van der Waals surface area contributed by atoms with E-state index in [1.807, 2.05) is 19.1 Å². The summed E-state index contributed by atoms with van der Waals surface area (Å²) in [5.41, 5.74) is 1.47. The summed E-state index contributed by atoms with van der Waals surface area (Å²) in [6, 6.07) is 7.28. The lowest BCUT2D eigenvalue weighted by molar-refractivity contribution is -0.121. The van der Waals surface area contributed by atoms with Crippen LogP contribution in [0.3, 0.4) is 0 Å². The van der Waals surface area contributed by atoms with Gasteiger partial charge in [0.05, 0.1) is 23.3 Å². The highest BCUT2D eigenvalue weighted by Gasteiger charge is 2.29. The summed E-state index contributed by atoms with van der Waals surface area (Å²) in [4.78, 5) is 31.9. The maximum absolute atomic E-state index is 13.2. The highest BCUT2D eigenvalue weighted by Crippen LogP contribution is 2.31. The summed E-state index contributed by atoms with van der Waals surface area (Å²) in [6.07, 6.45) is 4.86. The van der Waals surface area contributed by atoms with Crippen molar-refractivity contribution >= 4 is 51.7 Å². The van der Waals surface area contributed by atoms with Crippen LogP contribution in [-0.4, -0.2) is 31.6 Å². The average Bonchev–Trinajstić information content (AvgIpc) is 3.28. The van der Waals surface area contributed by atoms with Gasteiger partial charge in [0.25, 0.3) is 11.5 Å². The van der Waals surface area contributed by atoms with Gasteiger partial charge in [-0.2, -0.15) is 0 Å². The molecule has 1 fully saturated rings. The normalized spacial score (nSPS) is 15.8. The predicted molar refractivity (Wildman–Crippen MR) is 113 cm³/mol. The molecule has 4 rings (SSSR count). The van der Waals surface area contributed by atoms with Crippen LogP contribution < -0.4 is 10.9 Å². The highest BCUT2D eigenvalue weighted by atomic mass is 32.2. The smallest absolute Gasteiger partial charge is 0.267 e. The molecule has 4 heterocycles. The molecular weight excluding hydrogens is 396 g/mol. The van der Waals surface area contributed by atoms with Gasteiger partial charge in [0.1, 0.15) is 21.5 Å². The molecule has 1 aliphatic rings. The van der Waals surface area contributed by atoms with Crippen molar-refractivity contribution in [2.75, 3.05) is 12.4 Å². The number of aromatic nitrogens is 2. The Morgan fingerprint density at radius 2 is 2.14 bits per heavy atom. The molecule has 9 heteroatoms. The standard InChI is InChI=1S/C19H16N4O3S2/c1-11-5-6-15-21-16(20-9-12-4-3-7-26-12)13(17(24)23(15)10-11)8-14-18(25)22(2)19(27)28-14/h3-8,10,20H,9H2,1-2H3/b14-8-. The van der Waals surface area contributed by atoms with Crippen LogP contribution in [0.15, 0.2) is 50.8 Å². The monoisotopic (exact) mass is 412 g/mol. The van der Waals surface area contributed by atoms with Gasteiger partial charge in [-0.25, -0.2) is 4.98 Å².